The molecule has 0 saturated heterocycles. The Bertz CT molecular complexity index is 463. The maximum absolute atomic E-state index is 12.2. The maximum atomic E-state index is 12.2. The van der Waals surface area contributed by atoms with E-state index in [1.807, 2.05) is 0 Å². The Hall–Kier alpha value is -1.56. The second-order valence-corrected chi connectivity index (χ2v) is 4.49. The molecule has 5 nitrogen and oxygen atoms in total. The smallest absolute Gasteiger partial charge is 0.255 e. The van der Waals surface area contributed by atoms with Gasteiger partial charge in [0.05, 0.1) is 19.2 Å². The number of nitrogens with two attached hydrogens (primary N) is 1. The minimum atomic E-state index is -0.538. The van der Waals surface area contributed by atoms with E-state index in [9.17, 15) is 9.59 Å². The van der Waals surface area contributed by atoms with E-state index in [0.717, 1.165) is 0 Å². The van der Waals surface area contributed by atoms with E-state index >= 15 is 0 Å². The number of primary amides is 1. The Labute approximate surface area is 114 Å². The summed E-state index contributed by atoms with van der Waals surface area (Å²) in [5.74, 6) is -0.219. The fourth-order valence-corrected chi connectivity index (χ4v) is 1.90. The summed E-state index contributed by atoms with van der Waals surface area (Å²) in [6, 6.07) is 5.09. The van der Waals surface area contributed by atoms with Crippen LogP contribution in [0.2, 0.25) is 0 Å². The zero-order valence-electron chi connectivity index (χ0n) is 10.3. The summed E-state index contributed by atoms with van der Waals surface area (Å²) < 4.78 is 5.72. The molecule has 0 fully saturated rings. The first-order valence-corrected chi connectivity index (χ1v) is 6.20. The van der Waals surface area contributed by atoms with Crippen molar-refractivity contribution >= 4 is 27.7 Å². The van der Waals surface area contributed by atoms with Crippen LogP contribution in [-0.4, -0.2) is 36.9 Å². The largest absolute Gasteiger partial charge is 0.497 e. The van der Waals surface area contributed by atoms with Crippen molar-refractivity contribution in [2.45, 2.75) is 6.92 Å². The fraction of sp³-hybridized carbons (Fsp3) is 0.333. The number of hydrogen-bond donors (Lipinski definition) is 1. The third-order valence-electron chi connectivity index (χ3n) is 2.42. The van der Waals surface area contributed by atoms with E-state index in [4.69, 9.17) is 10.5 Å². The number of benzene rings is 1. The van der Waals surface area contributed by atoms with Crippen LogP contribution in [0, 0.1) is 0 Å². The van der Waals surface area contributed by atoms with E-state index < -0.39 is 5.91 Å². The first kappa shape index (κ1) is 14.5. The van der Waals surface area contributed by atoms with Crippen molar-refractivity contribution in [3.63, 3.8) is 0 Å². The standard InChI is InChI=1S/C12H15BrN2O3/c1-3-15(7-11(14)16)12(17)9-6-8(18-2)4-5-10(9)13/h4-6H,3,7H2,1-2H3,(H2,14,16). The molecular formula is C12H15BrN2O3. The highest BCUT2D eigenvalue weighted by molar-refractivity contribution is 9.10. The lowest BCUT2D eigenvalue weighted by Gasteiger charge is -2.20. The van der Waals surface area contributed by atoms with Crippen LogP contribution in [0.15, 0.2) is 22.7 Å². The highest BCUT2D eigenvalue weighted by Crippen LogP contribution is 2.23. The Morgan fingerprint density at radius 3 is 2.61 bits per heavy atom. The average Bonchev–Trinajstić information content (AvgIpc) is 2.35. The van der Waals surface area contributed by atoms with Gasteiger partial charge in [0, 0.05) is 11.0 Å². The lowest BCUT2D eigenvalue weighted by Crippen LogP contribution is -2.38. The molecule has 0 spiro atoms. The molecule has 0 aliphatic carbocycles. The first-order valence-electron chi connectivity index (χ1n) is 5.40. The lowest BCUT2D eigenvalue weighted by molar-refractivity contribution is -0.118. The maximum Gasteiger partial charge on any atom is 0.255 e. The van der Waals surface area contributed by atoms with Crippen molar-refractivity contribution in [1.82, 2.24) is 4.90 Å². The summed E-state index contributed by atoms with van der Waals surface area (Å²) >= 11 is 3.30. The number of hydrogen-bond acceptors (Lipinski definition) is 3. The molecule has 6 heteroatoms. The molecule has 1 rings (SSSR count). The molecule has 0 aliphatic rings. The topological polar surface area (TPSA) is 72.6 Å². The fourth-order valence-electron chi connectivity index (χ4n) is 1.48. The van der Waals surface area contributed by atoms with E-state index in [2.05, 4.69) is 15.9 Å². The van der Waals surface area contributed by atoms with Crippen molar-refractivity contribution in [3.8, 4) is 5.75 Å². The molecule has 0 radical (unpaired) electrons. The highest BCUT2D eigenvalue weighted by Gasteiger charge is 2.19. The molecule has 0 saturated carbocycles. The van der Waals surface area contributed by atoms with E-state index in [1.165, 1.54) is 12.0 Å². The molecule has 0 atom stereocenters. The van der Waals surface area contributed by atoms with Gasteiger partial charge in [-0.05, 0) is 41.1 Å². The first-order chi connectivity index (χ1) is 8.49. The summed E-state index contributed by atoms with van der Waals surface area (Å²) in [5.41, 5.74) is 5.55. The van der Waals surface area contributed by atoms with E-state index in [-0.39, 0.29) is 12.5 Å². The Morgan fingerprint density at radius 2 is 2.11 bits per heavy atom. The van der Waals surface area contributed by atoms with Gasteiger partial charge in [-0.3, -0.25) is 9.59 Å². The van der Waals surface area contributed by atoms with Crippen LogP contribution in [0.4, 0.5) is 0 Å². The Morgan fingerprint density at radius 1 is 1.44 bits per heavy atom. The number of amides is 2. The van der Waals surface area contributed by atoms with Gasteiger partial charge in [0.1, 0.15) is 5.75 Å². The number of rotatable bonds is 5. The number of methoxy groups -OCH3 is 1. The van der Waals surface area contributed by atoms with Crippen LogP contribution in [-0.2, 0) is 4.79 Å². The van der Waals surface area contributed by atoms with Crippen LogP contribution >= 0.6 is 15.9 Å². The van der Waals surface area contributed by atoms with Gasteiger partial charge in [-0.15, -0.1) is 0 Å². The van der Waals surface area contributed by atoms with Crippen molar-refractivity contribution in [3.05, 3.63) is 28.2 Å². The number of likely N-dealkylation sites (N-methyl/N-ethyl adjacent to an activating group) is 1. The minimum Gasteiger partial charge on any atom is -0.497 e. The monoisotopic (exact) mass is 314 g/mol. The second kappa shape index (κ2) is 6.39. The predicted molar refractivity (Wildman–Crippen MR) is 71.5 cm³/mol. The van der Waals surface area contributed by atoms with Gasteiger partial charge in [-0.1, -0.05) is 0 Å². The quantitative estimate of drug-likeness (QED) is 0.893. The molecule has 2 N–H and O–H groups in total. The minimum absolute atomic E-state index is 0.0982. The lowest BCUT2D eigenvalue weighted by atomic mass is 10.2. The van der Waals surface area contributed by atoms with Gasteiger partial charge < -0.3 is 15.4 Å². The van der Waals surface area contributed by atoms with Gasteiger partial charge >= 0.3 is 0 Å². The second-order valence-electron chi connectivity index (χ2n) is 3.63. The van der Waals surface area contributed by atoms with Crippen molar-refractivity contribution < 1.29 is 14.3 Å². The third-order valence-corrected chi connectivity index (χ3v) is 3.11. The molecular weight excluding hydrogens is 300 g/mol. The molecule has 0 unspecified atom stereocenters. The van der Waals surface area contributed by atoms with Crippen LogP contribution in [0.3, 0.4) is 0 Å². The molecule has 0 aliphatic heterocycles. The van der Waals surface area contributed by atoms with E-state index in [1.54, 1.807) is 25.1 Å². The Kier molecular flexibility index (Phi) is 5.15. The number of nitrogens with zero attached hydrogens (tertiary/aromatic N) is 1. The SMILES string of the molecule is CCN(CC(N)=O)C(=O)c1cc(OC)ccc1Br. The number of halogens is 1. The van der Waals surface area contributed by atoms with Gasteiger partial charge in [0.15, 0.2) is 0 Å². The molecule has 98 valence electrons. The normalized spacial score (nSPS) is 9.94. The van der Waals surface area contributed by atoms with Crippen molar-refractivity contribution in [2.24, 2.45) is 5.73 Å². The molecule has 1 aromatic rings. The van der Waals surface area contributed by atoms with Crippen molar-refractivity contribution in [2.75, 3.05) is 20.2 Å². The number of ether oxygens (including phenoxy) is 1. The zero-order valence-corrected chi connectivity index (χ0v) is 11.9. The van der Waals surface area contributed by atoms with E-state index in [0.29, 0.717) is 22.3 Å². The third kappa shape index (κ3) is 3.46. The Balaban J connectivity index is 3.04. The van der Waals surface area contributed by atoms with Gasteiger partial charge in [0.2, 0.25) is 5.91 Å². The summed E-state index contributed by atoms with van der Waals surface area (Å²) in [6.45, 7) is 2.10. The highest BCUT2D eigenvalue weighted by atomic mass is 79.9. The summed E-state index contributed by atoms with van der Waals surface area (Å²) in [5, 5.41) is 0. The van der Waals surface area contributed by atoms with Crippen molar-refractivity contribution in [1.29, 1.82) is 0 Å². The predicted octanol–water partition coefficient (Wildman–Crippen LogP) is 1.41. The average molecular weight is 315 g/mol. The molecule has 18 heavy (non-hydrogen) atoms. The summed E-state index contributed by atoms with van der Waals surface area (Å²) in [7, 11) is 1.53. The van der Waals surface area contributed by atoms with Crippen LogP contribution < -0.4 is 10.5 Å². The van der Waals surface area contributed by atoms with Gasteiger partial charge in [0.25, 0.3) is 5.91 Å². The number of carbonyl (C=O) groups excluding carboxylic acids is 2. The van der Waals surface area contributed by atoms with Crippen LogP contribution in [0.25, 0.3) is 0 Å². The van der Waals surface area contributed by atoms with Crippen LogP contribution in [0.5, 0.6) is 5.75 Å². The summed E-state index contributed by atoms with van der Waals surface area (Å²) in [4.78, 5) is 24.5. The van der Waals surface area contributed by atoms with Crippen LogP contribution in [0.1, 0.15) is 17.3 Å². The molecule has 1 aromatic carbocycles. The zero-order chi connectivity index (χ0) is 13.7. The van der Waals surface area contributed by atoms with Gasteiger partial charge in [-0.25, -0.2) is 0 Å². The molecule has 0 aromatic heterocycles. The molecule has 2 amide bonds. The number of carbonyl (C=O) groups is 2. The molecule has 0 heterocycles. The van der Waals surface area contributed by atoms with Gasteiger partial charge in [-0.2, -0.15) is 0 Å². The summed E-state index contributed by atoms with van der Waals surface area (Å²) in [6.07, 6.45) is 0. The molecule has 0 bridgehead atoms.